The number of rotatable bonds is 7. The maximum Gasteiger partial charge on any atom is 0.316 e. The van der Waals surface area contributed by atoms with E-state index in [1.165, 1.54) is 0 Å². The molecule has 0 unspecified atom stereocenters. The number of hydrogen-bond donors (Lipinski definition) is 1. The van der Waals surface area contributed by atoms with E-state index in [-0.39, 0.29) is 17.6 Å². The van der Waals surface area contributed by atoms with E-state index < -0.39 is 17.5 Å². The number of nitrogens with one attached hydrogen (secondary N) is 1. The van der Waals surface area contributed by atoms with Gasteiger partial charge < -0.3 is 10.1 Å². The van der Waals surface area contributed by atoms with Crippen LogP contribution in [0, 0.1) is 5.92 Å². The number of carbonyl (C=O) groups excluding carboxylic acids is 3. The molecular weight excluding hydrogens is 354 g/mol. The lowest BCUT2D eigenvalue weighted by Gasteiger charge is -2.25. The van der Waals surface area contributed by atoms with Gasteiger partial charge in [-0.3, -0.25) is 14.4 Å². The van der Waals surface area contributed by atoms with Crippen LogP contribution in [0.4, 0.5) is 5.69 Å². The van der Waals surface area contributed by atoms with Crippen LogP contribution in [0.15, 0.2) is 54.6 Å². The highest BCUT2D eigenvalue weighted by molar-refractivity contribution is 6.01. The number of carbonyl (C=O) groups is 3. The zero-order chi connectivity index (χ0) is 20.9. The van der Waals surface area contributed by atoms with Crippen molar-refractivity contribution >= 4 is 23.3 Å². The molecular formula is C23H27NO4. The molecule has 1 amide bonds. The van der Waals surface area contributed by atoms with E-state index >= 15 is 0 Å². The molecule has 2 aromatic carbocycles. The van der Waals surface area contributed by atoms with Crippen LogP contribution in [0.5, 0.6) is 0 Å². The molecule has 1 N–H and O–H groups in total. The van der Waals surface area contributed by atoms with Gasteiger partial charge in [0, 0.05) is 17.2 Å². The predicted octanol–water partition coefficient (Wildman–Crippen LogP) is 4.37. The van der Waals surface area contributed by atoms with E-state index in [9.17, 15) is 14.4 Å². The Labute approximate surface area is 166 Å². The zero-order valence-electron chi connectivity index (χ0n) is 17.0. The average molecular weight is 381 g/mol. The van der Waals surface area contributed by atoms with E-state index in [0.717, 1.165) is 5.56 Å². The Bertz CT molecular complexity index is 839. The first-order valence-corrected chi connectivity index (χ1v) is 9.34. The zero-order valence-corrected chi connectivity index (χ0v) is 17.0. The number of amides is 1. The fraction of sp³-hybridized carbons (Fsp3) is 0.348. The number of benzene rings is 2. The fourth-order valence-electron chi connectivity index (χ4n) is 2.57. The minimum absolute atomic E-state index is 0.0930. The quantitative estimate of drug-likeness (QED) is 0.571. The molecule has 0 saturated heterocycles. The lowest BCUT2D eigenvalue weighted by Crippen LogP contribution is -2.35. The maximum absolute atomic E-state index is 12.6. The van der Waals surface area contributed by atoms with Crippen molar-refractivity contribution in [3.63, 3.8) is 0 Å². The van der Waals surface area contributed by atoms with Crippen molar-refractivity contribution in [2.75, 3.05) is 5.32 Å². The average Bonchev–Trinajstić information content (AvgIpc) is 2.68. The van der Waals surface area contributed by atoms with Gasteiger partial charge in [0.1, 0.15) is 0 Å². The first kappa shape index (κ1) is 21.4. The predicted molar refractivity (Wildman–Crippen MR) is 109 cm³/mol. The second kappa shape index (κ2) is 8.83. The normalized spacial score (nSPS) is 12.4. The molecule has 148 valence electrons. The standard InChI is InChI=1S/C23H27NO4/c1-15(2)21(26)24-19-13-11-17(12-14-19)20(25)16(3)28-22(27)23(4,5)18-9-7-6-8-10-18/h6-16H,1-5H3,(H,24,26)/t16-/m0/s1. The molecule has 0 heterocycles. The summed E-state index contributed by atoms with van der Waals surface area (Å²) in [6, 6.07) is 15.9. The van der Waals surface area contributed by atoms with Gasteiger partial charge in [-0.25, -0.2) is 0 Å². The van der Waals surface area contributed by atoms with Gasteiger partial charge in [0.25, 0.3) is 0 Å². The third-order valence-electron chi connectivity index (χ3n) is 4.62. The van der Waals surface area contributed by atoms with E-state index in [2.05, 4.69) is 5.32 Å². The minimum atomic E-state index is -0.911. The SMILES string of the molecule is CC(C)C(=O)Nc1ccc(C(=O)[C@H](C)OC(=O)C(C)(C)c2ccccc2)cc1. The third-order valence-corrected chi connectivity index (χ3v) is 4.62. The van der Waals surface area contributed by atoms with E-state index in [1.54, 1.807) is 58.9 Å². The van der Waals surface area contributed by atoms with E-state index in [1.807, 2.05) is 30.3 Å². The Kier molecular flexibility index (Phi) is 6.73. The van der Waals surface area contributed by atoms with Crippen LogP contribution in [0.1, 0.15) is 50.5 Å². The Morgan fingerprint density at radius 1 is 0.893 bits per heavy atom. The van der Waals surface area contributed by atoms with Crippen molar-refractivity contribution < 1.29 is 19.1 Å². The van der Waals surface area contributed by atoms with Gasteiger partial charge in [0.05, 0.1) is 5.41 Å². The third kappa shape index (κ3) is 5.06. The molecule has 0 aliphatic carbocycles. The second-order valence-electron chi connectivity index (χ2n) is 7.62. The first-order chi connectivity index (χ1) is 13.1. The number of ketones is 1. The van der Waals surface area contributed by atoms with Gasteiger partial charge in [-0.2, -0.15) is 0 Å². The monoisotopic (exact) mass is 381 g/mol. The van der Waals surface area contributed by atoms with Crippen molar-refractivity contribution in [3.8, 4) is 0 Å². The topological polar surface area (TPSA) is 72.5 Å². The van der Waals surface area contributed by atoms with Crippen molar-refractivity contribution in [1.82, 2.24) is 0 Å². The molecule has 28 heavy (non-hydrogen) atoms. The van der Waals surface area contributed by atoms with Crippen LogP contribution in [0.3, 0.4) is 0 Å². The fourth-order valence-corrected chi connectivity index (χ4v) is 2.57. The van der Waals surface area contributed by atoms with Gasteiger partial charge in [0.2, 0.25) is 11.7 Å². The molecule has 5 heteroatoms. The molecule has 2 rings (SSSR count). The molecule has 0 radical (unpaired) electrons. The Morgan fingerprint density at radius 2 is 1.46 bits per heavy atom. The summed E-state index contributed by atoms with van der Waals surface area (Å²) < 4.78 is 5.45. The summed E-state index contributed by atoms with van der Waals surface area (Å²) >= 11 is 0. The molecule has 0 saturated carbocycles. The van der Waals surface area contributed by atoms with Gasteiger partial charge in [-0.15, -0.1) is 0 Å². The second-order valence-corrected chi connectivity index (χ2v) is 7.62. The van der Waals surface area contributed by atoms with Crippen LogP contribution in [0.2, 0.25) is 0 Å². The molecule has 0 bridgehead atoms. The first-order valence-electron chi connectivity index (χ1n) is 9.34. The smallest absolute Gasteiger partial charge is 0.316 e. The molecule has 0 aliphatic rings. The summed E-state index contributed by atoms with van der Waals surface area (Å²) in [5, 5.41) is 2.77. The summed E-state index contributed by atoms with van der Waals surface area (Å²) in [5.41, 5.74) is 0.996. The highest BCUT2D eigenvalue weighted by Gasteiger charge is 2.33. The molecule has 0 aliphatic heterocycles. The highest BCUT2D eigenvalue weighted by atomic mass is 16.5. The highest BCUT2D eigenvalue weighted by Crippen LogP contribution is 2.25. The van der Waals surface area contributed by atoms with Crippen molar-refractivity contribution in [1.29, 1.82) is 0 Å². The summed E-state index contributed by atoms with van der Waals surface area (Å²) in [7, 11) is 0. The van der Waals surface area contributed by atoms with Crippen LogP contribution in [0.25, 0.3) is 0 Å². The van der Waals surface area contributed by atoms with Crippen LogP contribution < -0.4 is 5.32 Å². The molecule has 5 nitrogen and oxygen atoms in total. The van der Waals surface area contributed by atoms with Gasteiger partial charge in [-0.05, 0) is 50.6 Å². The summed E-state index contributed by atoms with van der Waals surface area (Å²) in [5.74, 6) is -0.974. The minimum Gasteiger partial charge on any atom is -0.454 e. The number of esters is 1. The maximum atomic E-state index is 12.6. The molecule has 0 aromatic heterocycles. The van der Waals surface area contributed by atoms with E-state index in [0.29, 0.717) is 11.3 Å². The lowest BCUT2D eigenvalue weighted by atomic mass is 9.85. The Morgan fingerprint density at radius 3 is 2.00 bits per heavy atom. The molecule has 1 atom stereocenters. The Hall–Kier alpha value is -2.95. The van der Waals surface area contributed by atoms with E-state index in [4.69, 9.17) is 4.74 Å². The number of Topliss-reactive ketones (excluding diaryl/α,β-unsaturated/α-hetero) is 1. The summed E-state index contributed by atoms with van der Waals surface area (Å²) in [4.78, 5) is 37.0. The van der Waals surface area contributed by atoms with Crippen LogP contribution >= 0.6 is 0 Å². The summed E-state index contributed by atoms with van der Waals surface area (Å²) in [6.45, 7) is 8.72. The van der Waals surface area contributed by atoms with Gasteiger partial charge in [-0.1, -0.05) is 44.2 Å². The van der Waals surface area contributed by atoms with Crippen LogP contribution in [-0.4, -0.2) is 23.8 Å². The Balaban J connectivity index is 2.04. The number of anilines is 1. The van der Waals surface area contributed by atoms with Crippen molar-refractivity contribution in [2.24, 2.45) is 5.92 Å². The molecule has 0 spiro atoms. The van der Waals surface area contributed by atoms with Crippen molar-refractivity contribution in [2.45, 2.75) is 46.1 Å². The largest absolute Gasteiger partial charge is 0.454 e. The van der Waals surface area contributed by atoms with Gasteiger partial charge >= 0.3 is 5.97 Å². The van der Waals surface area contributed by atoms with Gasteiger partial charge in [0.15, 0.2) is 6.10 Å². The van der Waals surface area contributed by atoms with Crippen LogP contribution in [-0.2, 0) is 19.7 Å². The lowest BCUT2D eigenvalue weighted by molar-refractivity contribution is -0.152. The summed E-state index contributed by atoms with van der Waals surface area (Å²) in [6.07, 6.45) is -0.911. The number of ether oxygens (including phenoxy) is 1. The molecule has 2 aromatic rings. The number of hydrogen-bond acceptors (Lipinski definition) is 4. The molecule has 0 fully saturated rings. The van der Waals surface area contributed by atoms with Crippen molar-refractivity contribution in [3.05, 3.63) is 65.7 Å².